The van der Waals surface area contributed by atoms with Gasteiger partial charge in [0, 0.05) is 13.7 Å². The van der Waals surface area contributed by atoms with Gasteiger partial charge in [-0.1, -0.05) is 13.3 Å². The van der Waals surface area contributed by atoms with Crippen LogP contribution in [0.4, 0.5) is 5.95 Å². The molecule has 0 aliphatic carbocycles. The second-order valence-electron chi connectivity index (χ2n) is 3.72. The fraction of sp³-hybridized carbons (Fsp3) is 0.750. The van der Waals surface area contributed by atoms with Crippen LogP contribution in [0, 0.1) is 0 Å². The summed E-state index contributed by atoms with van der Waals surface area (Å²) >= 11 is 0. The Kier molecular flexibility index (Phi) is 7.57. The number of rotatable bonds is 10. The lowest BCUT2D eigenvalue weighted by molar-refractivity contribution is 0.0942. The largest absolute Gasteiger partial charge is 0.464 e. The molecule has 7 nitrogen and oxygen atoms in total. The molecule has 108 valence electrons. The Balaban J connectivity index is 2.41. The van der Waals surface area contributed by atoms with Gasteiger partial charge in [-0.2, -0.15) is 9.97 Å². The van der Waals surface area contributed by atoms with Gasteiger partial charge in [0.25, 0.3) is 0 Å². The zero-order chi connectivity index (χ0) is 13.9. The van der Waals surface area contributed by atoms with Gasteiger partial charge >= 0.3 is 12.0 Å². The molecule has 0 unspecified atom stereocenters. The first-order valence-electron chi connectivity index (χ1n) is 6.57. The Morgan fingerprint density at radius 1 is 0.947 bits per heavy atom. The van der Waals surface area contributed by atoms with E-state index in [1.807, 2.05) is 6.92 Å². The molecule has 19 heavy (non-hydrogen) atoms. The second-order valence-corrected chi connectivity index (χ2v) is 3.72. The average molecular weight is 270 g/mol. The topological polar surface area (TPSA) is 78.4 Å². The number of nitrogens with zero attached hydrogens (tertiary/aromatic N) is 3. The van der Waals surface area contributed by atoms with Crippen LogP contribution in [0.5, 0.6) is 12.0 Å². The summed E-state index contributed by atoms with van der Waals surface area (Å²) in [7, 11) is 1.72. The van der Waals surface area contributed by atoms with Crippen molar-refractivity contribution in [2.24, 2.45) is 0 Å². The summed E-state index contributed by atoms with van der Waals surface area (Å²) in [5.74, 6) is 0.417. The first kappa shape index (κ1) is 15.4. The summed E-state index contributed by atoms with van der Waals surface area (Å²) in [5.41, 5.74) is 0. The van der Waals surface area contributed by atoms with Gasteiger partial charge in [-0.25, -0.2) is 0 Å². The summed E-state index contributed by atoms with van der Waals surface area (Å²) in [5, 5.41) is 2.83. The fourth-order valence-corrected chi connectivity index (χ4v) is 1.25. The minimum absolute atomic E-state index is 0.238. The number of aromatic nitrogens is 3. The highest BCUT2D eigenvalue weighted by Crippen LogP contribution is 2.12. The Morgan fingerprint density at radius 3 is 2.32 bits per heavy atom. The third-order valence-corrected chi connectivity index (χ3v) is 2.19. The van der Waals surface area contributed by atoms with Gasteiger partial charge < -0.3 is 19.5 Å². The van der Waals surface area contributed by atoms with Crippen molar-refractivity contribution in [3.63, 3.8) is 0 Å². The second kappa shape index (κ2) is 9.32. The number of ether oxygens (including phenoxy) is 3. The summed E-state index contributed by atoms with van der Waals surface area (Å²) in [6.07, 6.45) is 2.18. The molecule has 1 aromatic rings. The van der Waals surface area contributed by atoms with Crippen LogP contribution in [-0.4, -0.2) is 48.4 Å². The Morgan fingerprint density at radius 2 is 1.68 bits per heavy atom. The van der Waals surface area contributed by atoms with Crippen molar-refractivity contribution in [1.82, 2.24) is 15.0 Å². The Hall–Kier alpha value is -1.63. The molecule has 0 fully saturated rings. The van der Waals surface area contributed by atoms with E-state index in [-0.39, 0.29) is 12.0 Å². The first-order chi connectivity index (χ1) is 9.30. The van der Waals surface area contributed by atoms with Crippen molar-refractivity contribution in [2.75, 3.05) is 38.8 Å². The van der Waals surface area contributed by atoms with E-state index in [1.165, 1.54) is 0 Å². The molecule has 0 aliphatic heterocycles. The van der Waals surface area contributed by atoms with Crippen LogP contribution < -0.4 is 14.8 Å². The van der Waals surface area contributed by atoms with E-state index in [0.717, 1.165) is 19.4 Å². The maximum absolute atomic E-state index is 5.41. The van der Waals surface area contributed by atoms with Crippen LogP contribution in [0.1, 0.15) is 26.7 Å². The molecule has 0 aromatic carbocycles. The minimum Gasteiger partial charge on any atom is -0.464 e. The number of hydrogen-bond donors (Lipinski definition) is 1. The summed E-state index contributed by atoms with van der Waals surface area (Å²) in [4.78, 5) is 12.2. The third kappa shape index (κ3) is 6.19. The molecule has 1 rings (SSSR count). The molecule has 0 radical (unpaired) electrons. The molecule has 0 spiro atoms. The average Bonchev–Trinajstić information content (AvgIpc) is 2.43. The van der Waals surface area contributed by atoms with Crippen molar-refractivity contribution in [3.8, 4) is 12.0 Å². The summed E-state index contributed by atoms with van der Waals surface area (Å²) in [6.45, 7) is 6.16. The number of anilines is 1. The van der Waals surface area contributed by atoms with Crippen LogP contribution in [0.25, 0.3) is 0 Å². The summed E-state index contributed by atoms with van der Waals surface area (Å²) in [6, 6.07) is 0.491. The number of nitrogens with one attached hydrogen (secondary N) is 1. The molecule has 0 amide bonds. The maximum atomic E-state index is 5.41. The van der Waals surface area contributed by atoms with E-state index < -0.39 is 0 Å². The Labute approximate surface area is 113 Å². The van der Waals surface area contributed by atoms with Crippen LogP contribution >= 0.6 is 0 Å². The van der Waals surface area contributed by atoms with Crippen LogP contribution in [0.3, 0.4) is 0 Å². The van der Waals surface area contributed by atoms with E-state index in [1.54, 1.807) is 7.05 Å². The standard InChI is InChI=1S/C12H22N4O3/c1-4-6-7-17-8-9-19-12-15-10(13-3)14-11(16-12)18-5-2/h4-9H2,1-3H3,(H,13,14,15,16). The maximum Gasteiger partial charge on any atom is 0.324 e. The predicted molar refractivity (Wildman–Crippen MR) is 71.8 cm³/mol. The fourth-order valence-electron chi connectivity index (χ4n) is 1.25. The minimum atomic E-state index is 0.238. The molecule has 1 aromatic heterocycles. The number of hydrogen-bond acceptors (Lipinski definition) is 7. The molecule has 0 aliphatic rings. The lowest BCUT2D eigenvalue weighted by Gasteiger charge is -2.08. The lowest BCUT2D eigenvalue weighted by atomic mass is 10.4. The van der Waals surface area contributed by atoms with Gasteiger partial charge in [0.15, 0.2) is 0 Å². The monoisotopic (exact) mass is 270 g/mol. The van der Waals surface area contributed by atoms with Crippen molar-refractivity contribution in [3.05, 3.63) is 0 Å². The predicted octanol–water partition coefficient (Wildman–Crippen LogP) is 1.51. The molecule has 7 heteroatoms. The van der Waals surface area contributed by atoms with Crippen molar-refractivity contribution in [1.29, 1.82) is 0 Å². The van der Waals surface area contributed by atoms with E-state index in [2.05, 4.69) is 27.2 Å². The molecule has 1 N–H and O–H groups in total. The van der Waals surface area contributed by atoms with Gasteiger partial charge in [-0.15, -0.1) is 4.98 Å². The Bertz CT molecular complexity index is 363. The molecular weight excluding hydrogens is 248 g/mol. The molecular formula is C12H22N4O3. The SMILES string of the molecule is CCCCOCCOc1nc(NC)nc(OCC)n1. The highest BCUT2D eigenvalue weighted by atomic mass is 16.5. The lowest BCUT2D eigenvalue weighted by Crippen LogP contribution is -2.11. The van der Waals surface area contributed by atoms with Crippen LogP contribution in [0.2, 0.25) is 0 Å². The smallest absolute Gasteiger partial charge is 0.324 e. The van der Waals surface area contributed by atoms with Crippen LogP contribution in [0.15, 0.2) is 0 Å². The molecule has 0 saturated carbocycles. The zero-order valence-electron chi connectivity index (χ0n) is 11.8. The molecule has 0 bridgehead atoms. The quantitative estimate of drug-likeness (QED) is 0.645. The van der Waals surface area contributed by atoms with E-state index in [0.29, 0.717) is 25.8 Å². The van der Waals surface area contributed by atoms with Gasteiger partial charge in [0.2, 0.25) is 5.95 Å². The van der Waals surface area contributed by atoms with Crippen molar-refractivity contribution >= 4 is 5.95 Å². The van der Waals surface area contributed by atoms with Crippen LogP contribution in [-0.2, 0) is 4.74 Å². The van der Waals surface area contributed by atoms with E-state index in [4.69, 9.17) is 14.2 Å². The van der Waals surface area contributed by atoms with E-state index >= 15 is 0 Å². The van der Waals surface area contributed by atoms with Crippen molar-refractivity contribution in [2.45, 2.75) is 26.7 Å². The summed E-state index contributed by atoms with van der Waals surface area (Å²) < 4.78 is 16.0. The van der Waals surface area contributed by atoms with Gasteiger partial charge in [0.05, 0.1) is 13.2 Å². The molecule has 0 saturated heterocycles. The van der Waals surface area contributed by atoms with Gasteiger partial charge in [0.1, 0.15) is 6.61 Å². The van der Waals surface area contributed by atoms with E-state index in [9.17, 15) is 0 Å². The first-order valence-corrected chi connectivity index (χ1v) is 6.57. The highest BCUT2D eigenvalue weighted by Gasteiger charge is 2.07. The van der Waals surface area contributed by atoms with Crippen molar-refractivity contribution < 1.29 is 14.2 Å². The third-order valence-electron chi connectivity index (χ3n) is 2.19. The zero-order valence-corrected chi connectivity index (χ0v) is 11.8. The molecule has 1 heterocycles. The number of unbranched alkanes of at least 4 members (excludes halogenated alkanes) is 1. The van der Waals surface area contributed by atoms with Gasteiger partial charge in [-0.05, 0) is 13.3 Å². The van der Waals surface area contributed by atoms with Gasteiger partial charge in [-0.3, -0.25) is 0 Å². The normalized spacial score (nSPS) is 10.3. The molecule has 0 atom stereocenters. The highest BCUT2D eigenvalue weighted by molar-refractivity contribution is 5.26.